The van der Waals surface area contributed by atoms with E-state index in [1.807, 2.05) is 30.3 Å². The lowest BCUT2D eigenvalue weighted by Gasteiger charge is -2.33. The molecule has 0 unspecified atom stereocenters. The van der Waals surface area contributed by atoms with Crippen LogP contribution >= 0.6 is 0 Å². The SMILES string of the molecule is CC(=O)[C@H](c1ccccc1)N1CCOCC1. The third-order valence-corrected chi connectivity index (χ3v) is 2.91. The largest absolute Gasteiger partial charge is 0.379 e. The highest BCUT2D eigenvalue weighted by molar-refractivity contribution is 5.82. The first-order valence-electron chi connectivity index (χ1n) is 5.66. The molecule has 1 aromatic carbocycles. The van der Waals surface area contributed by atoms with Crippen molar-refractivity contribution < 1.29 is 9.53 Å². The number of carbonyl (C=O) groups is 1. The maximum Gasteiger partial charge on any atom is 0.151 e. The molecule has 86 valence electrons. The minimum Gasteiger partial charge on any atom is -0.379 e. The molecule has 0 aromatic heterocycles. The molecule has 1 atom stereocenters. The van der Waals surface area contributed by atoms with Crippen LogP contribution in [0.15, 0.2) is 30.3 Å². The molecule has 1 saturated heterocycles. The van der Waals surface area contributed by atoms with Gasteiger partial charge in [0.2, 0.25) is 0 Å². The molecule has 0 bridgehead atoms. The standard InChI is InChI=1S/C13H17NO2/c1-11(15)13(12-5-3-2-4-6-12)14-7-9-16-10-8-14/h2-6,13H,7-10H2,1H3/t13-/m1/s1. The Morgan fingerprint density at radius 3 is 2.44 bits per heavy atom. The van der Waals surface area contributed by atoms with Gasteiger partial charge >= 0.3 is 0 Å². The summed E-state index contributed by atoms with van der Waals surface area (Å²) in [5.74, 6) is 0.202. The highest BCUT2D eigenvalue weighted by Gasteiger charge is 2.25. The molecular weight excluding hydrogens is 202 g/mol. The first-order valence-corrected chi connectivity index (χ1v) is 5.66. The second-order valence-electron chi connectivity index (χ2n) is 4.07. The molecule has 0 saturated carbocycles. The van der Waals surface area contributed by atoms with Crippen molar-refractivity contribution >= 4 is 5.78 Å². The van der Waals surface area contributed by atoms with E-state index in [2.05, 4.69) is 4.90 Å². The predicted octanol–water partition coefficient (Wildman–Crippen LogP) is 1.65. The number of ether oxygens (including phenoxy) is 1. The average Bonchev–Trinajstić information content (AvgIpc) is 2.31. The van der Waals surface area contributed by atoms with Crippen LogP contribution in [0.2, 0.25) is 0 Å². The number of Topliss-reactive ketones (excluding diaryl/α,β-unsaturated/α-hetero) is 1. The summed E-state index contributed by atoms with van der Waals surface area (Å²) in [4.78, 5) is 14.0. The summed E-state index contributed by atoms with van der Waals surface area (Å²) in [5.41, 5.74) is 1.08. The summed E-state index contributed by atoms with van der Waals surface area (Å²) in [6, 6.07) is 9.85. The van der Waals surface area contributed by atoms with Crippen molar-refractivity contribution in [2.24, 2.45) is 0 Å². The van der Waals surface area contributed by atoms with E-state index in [-0.39, 0.29) is 11.8 Å². The van der Waals surface area contributed by atoms with Gasteiger partial charge in [0.25, 0.3) is 0 Å². The van der Waals surface area contributed by atoms with Crippen LogP contribution in [0.4, 0.5) is 0 Å². The fourth-order valence-corrected chi connectivity index (χ4v) is 2.17. The van der Waals surface area contributed by atoms with E-state index >= 15 is 0 Å². The Morgan fingerprint density at radius 2 is 1.88 bits per heavy atom. The van der Waals surface area contributed by atoms with Crippen LogP contribution in [-0.4, -0.2) is 37.0 Å². The smallest absolute Gasteiger partial charge is 0.151 e. The van der Waals surface area contributed by atoms with Crippen molar-refractivity contribution in [1.29, 1.82) is 0 Å². The topological polar surface area (TPSA) is 29.5 Å². The number of nitrogens with zero attached hydrogens (tertiary/aromatic N) is 1. The summed E-state index contributed by atoms with van der Waals surface area (Å²) in [7, 11) is 0. The van der Waals surface area contributed by atoms with Gasteiger partial charge in [-0.3, -0.25) is 9.69 Å². The van der Waals surface area contributed by atoms with Crippen molar-refractivity contribution in [2.75, 3.05) is 26.3 Å². The van der Waals surface area contributed by atoms with Crippen LogP contribution in [0.3, 0.4) is 0 Å². The zero-order valence-corrected chi connectivity index (χ0v) is 9.56. The number of hydrogen-bond donors (Lipinski definition) is 0. The Hall–Kier alpha value is -1.19. The number of rotatable bonds is 3. The quantitative estimate of drug-likeness (QED) is 0.774. The summed E-state index contributed by atoms with van der Waals surface area (Å²) < 4.78 is 5.31. The van der Waals surface area contributed by atoms with Crippen molar-refractivity contribution in [1.82, 2.24) is 4.90 Å². The molecule has 1 aliphatic rings. The second kappa shape index (κ2) is 5.23. The second-order valence-corrected chi connectivity index (χ2v) is 4.07. The Bertz CT molecular complexity index is 344. The van der Waals surface area contributed by atoms with Crippen LogP contribution in [0.1, 0.15) is 18.5 Å². The molecule has 16 heavy (non-hydrogen) atoms. The first-order chi connectivity index (χ1) is 7.79. The molecule has 0 spiro atoms. The van der Waals surface area contributed by atoms with Gasteiger partial charge in [0.05, 0.1) is 19.3 Å². The summed E-state index contributed by atoms with van der Waals surface area (Å²) >= 11 is 0. The van der Waals surface area contributed by atoms with E-state index in [0.29, 0.717) is 0 Å². The van der Waals surface area contributed by atoms with Gasteiger partial charge in [-0.15, -0.1) is 0 Å². The van der Waals surface area contributed by atoms with Crippen LogP contribution in [0, 0.1) is 0 Å². The maximum absolute atomic E-state index is 11.8. The van der Waals surface area contributed by atoms with Crippen molar-refractivity contribution in [3.8, 4) is 0 Å². The molecule has 0 aliphatic carbocycles. The van der Waals surface area contributed by atoms with Crippen molar-refractivity contribution in [3.63, 3.8) is 0 Å². The minimum atomic E-state index is -0.106. The number of hydrogen-bond acceptors (Lipinski definition) is 3. The highest BCUT2D eigenvalue weighted by atomic mass is 16.5. The van der Waals surface area contributed by atoms with Crippen molar-refractivity contribution in [3.05, 3.63) is 35.9 Å². The molecule has 3 nitrogen and oxygen atoms in total. The van der Waals surface area contributed by atoms with E-state index in [0.717, 1.165) is 31.9 Å². The lowest BCUT2D eigenvalue weighted by Crippen LogP contribution is -2.41. The highest BCUT2D eigenvalue weighted by Crippen LogP contribution is 2.22. The molecule has 3 heteroatoms. The van der Waals surface area contributed by atoms with E-state index in [1.165, 1.54) is 0 Å². The number of ketones is 1. The van der Waals surface area contributed by atoms with Crippen molar-refractivity contribution in [2.45, 2.75) is 13.0 Å². The van der Waals surface area contributed by atoms with Gasteiger partial charge in [0.15, 0.2) is 5.78 Å². The Kier molecular flexibility index (Phi) is 3.70. The normalized spacial score (nSPS) is 19.3. The molecule has 1 heterocycles. The Balaban J connectivity index is 2.20. The van der Waals surface area contributed by atoms with Gasteiger partial charge in [-0.05, 0) is 12.5 Å². The average molecular weight is 219 g/mol. The van der Waals surface area contributed by atoms with Crippen LogP contribution in [0.25, 0.3) is 0 Å². The first kappa shape index (κ1) is 11.3. The van der Waals surface area contributed by atoms with Crippen LogP contribution in [-0.2, 0) is 9.53 Å². The third kappa shape index (κ3) is 2.49. The zero-order chi connectivity index (χ0) is 11.4. The fraction of sp³-hybridized carbons (Fsp3) is 0.462. The van der Waals surface area contributed by atoms with Gasteiger partial charge in [-0.2, -0.15) is 0 Å². The summed E-state index contributed by atoms with van der Waals surface area (Å²) in [6.07, 6.45) is 0. The number of benzene rings is 1. The molecule has 1 aliphatic heterocycles. The van der Waals surface area contributed by atoms with Gasteiger partial charge in [-0.25, -0.2) is 0 Å². The molecule has 0 radical (unpaired) electrons. The molecule has 1 aromatic rings. The summed E-state index contributed by atoms with van der Waals surface area (Å²) in [6.45, 7) is 4.76. The molecule has 1 fully saturated rings. The monoisotopic (exact) mass is 219 g/mol. The van der Waals surface area contributed by atoms with Crippen LogP contribution < -0.4 is 0 Å². The van der Waals surface area contributed by atoms with Gasteiger partial charge in [-0.1, -0.05) is 30.3 Å². The Labute approximate surface area is 96.0 Å². The third-order valence-electron chi connectivity index (χ3n) is 2.91. The van der Waals surface area contributed by atoms with Gasteiger partial charge in [0.1, 0.15) is 0 Å². The minimum absolute atomic E-state index is 0.106. The van der Waals surface area contributed by atoms with Crippen LogP contribution in [0.5, 0.6) is 0 Å². The number of morpholine rings is 1. The summed E-state index contributed by atoms with van der Waals surface area (Å²) in [5, 5.41) is 0. The molecule has 0 N–H and O–H groups in total. The lowest BCUT2D eigenvalue weighted by atomic mass is 10.0. The van der Waals surface area contributed by atoms with E-state index < -0.39 is 0 Å². The number of carbonyl (C=O) groups excluding carboxylic acids is 1. The van der Waals surface area contributed by atoms with Gasteiger partial charge in [0, 0.05) is 13.1 Å². The molecule has 0 amide bonds. The lowest BCUT2D eigenvalue weighted by molar-refractivity contribution is -0.124. The molecular formula is C13H17NO2. The fourth-order valence-electron chi connectivity index (χ4n) is 2.17. The van der Waals surface area contributed by atoms with E-state index in [4.69, 9.17) is 4.74 Å². The zero-order valence-electron chi connectivity index (χ0n) is 9.56. The van der Waals surface area contributed by atoms with Gasteiger partial charge < -0.3 is 4.74 Å². The van der Waals surface area contributed by atoms with E-state index in [1.54, 1.807) is 6.92 Å². The molecule has 2 rings (SSSR count). The maximum atomic E-state index is 11.8. The Morgan fingerprint density at radius 1 is 1.25 bits per heavy atom. The van der Waals surface area contributed by atoms with E-state index in [9.17, 15) is 4.79 Å². The predicted molar refractivity (Wildman–Crippen MR) is 62.3 cm³/mol.